The lowest BCUT2D eigenvalue weighted by atomic mass is 10.2. The Balaban J connectivity index is 1.40. The second-order valence-corrected chi connectivity index (χ2v) is 8.07. The number of ether oxygens (including phenoxy) is 1. The molecule has 1 aliphatic carbocycles. The van der Waals surface area contributed by atoms with Crippen LogP contribution in [0.3, 0.4) is 0 Å². The van der Waals surface area contributed by atoms with E-state index in [1.54, 1.807) is 0 Å². The number of cyclic esters (lactones) is 1. The summed E-state index contributed by atoms with van der Waals surface area (Å²) in [6.45, 7) is -0.204. The van der Waals surface area contributed by atoms with Crippen LogP contribution in [-0.4, -0.2) is 81.0 Å². The van der Waals surface area contributed by atoms with E-state index in [1.165, 1.54) is 4.90 Å². The van der Waals surface area contributed by atoms with Crippen molar-refractivity contribution in [3.8, 4) is 0 Å². The molecule has 0 bridgehead atoms. The lowest BCUT2D eigenvalue weighted by molar-refractivity contribution is -0.132. The third-order valence-corrected chi connectivity index (χ3v) is 5.52. The Kier molecular flexibility index (Phi) is 6.95. The molecule has 1 atom stereocenters. The fourth-order valence-electron chi connectivity index (χ4n) is 3.65. The summed E-state index contributed by atoms with van der Waals surface area (Å²) in [5, 5.41) is 5.85. The molecular weight excluding hydrogens is 466 g/mol. The Labute approximate surface area is 191 Å². The summed E-state index contributed by atoms with van der Waals surface area (Å²) in [4.78, 5) is 43.0. The van der Waals surface area contributed by atoms with Crippen molar-refractivity contribution < 1.29 is 41.5 Å². The number of hydrogen-bond donors (Lipinski definition) is 2. The lowest BCUT2D eigenvalue weighted by Crippen LogP contribution is -2.42. The van der Waals surface area contributed by atoms with Crippen molar-refractivity contribution in [2.45, 2.75) is 31.4 Å². The predicted molar refractivity (Wildman–Crippen MR) is 109 cm³/mol. The molecule has 2 aliphatic heterocycles. The molecule has 1 saturated carbocycles. The van der Waals surface area contributed by atoms with E-state index in [2.05, 4.69) is 5.32 Å². The third kappa shape index (κ3) is 5.43. The number of benzene rings is 1. The maximum atomic E-state index is 15.0. The Hall–Kier alpha value is -3.29. The number of urea groups is 1. The van der Waals surface area contributed by atoms with Crippen LogP contribution in [0.4, 0.5) is 38.5 Å². The zero-order valence-electron chi connectivity index (χ0n) is 17.9. The number of amides is 4. The van der Waals surface area contributed by atoms with Gasteiger partial charge in [0.1, 0.15) is 11.8 Å². The van der Waals surface area contributed by atoms with Crippen LogP contribution in [0.25, 0.3) is 0 Å². The van der Waals surface area contributed by atoms with Crippen molar-refractivity contribution >= 4 is 29.4 Å². The predicted octanol–water partition coefficient (Wildman–Crippen LogP) is 1.60. The van der Waals surface area contributed by atoms with Gasteiger partial charge in [0.25, 0.3) is 5.91 Å². The minimum atomic E-state index is -3.21. The molecule has 0 radical (unpaired) electrons. The topological polar surface area (TPSA) is 103 Å². The Morgan fingerprint density at radius 3 is 2.47 bits per heavy atom. The number of nitrogens with one attached hydrogen (secondary N) is 2. The quantitative estimate of drug-likeness (QED) is 0.589. The summed E-state index contributed by atoms with van der Waals surface area (Å²) in [6, 6.07) is 1.66. The van der Waals surface area contributed by atoms with Crippen molar-refractivity contribution in [1.82, 2.24) is 15.7 Å². The molecule has 2 N–H and O–H groups in total. The van der Waals surface area contributed by atoms with Crippen molar-refractivity contribution in [3.05, 3.63) is 23.8 Å². The van der Waals surface area contributed by atoms with Gasteiger partial charge in [-0.2, -0.15) is 8.78 Å². The van der Waals surface area contributed by atoms with E-state index in [1.807, 2.05) is 5.32 Å². The maximum Gasteiger partial charge on any atom is 0.414 e. The molecule has 1 unspecified atom stereocenters. The number of hydrogen-bond acceptors (Lipinski definition) is 6. The van der Waals surface area contributed by atoms with Crippen LogP contribution in [0.2, 0.25) is 0 Å². The van der Waals surface area contributed by atoms with Gasteiger partial charge in [-0.15, -0.1) is 0 Å². The molecule has 2 heterocycles. The van der Waals surface area contributed by atoms with Gasteiger partial charge in [-0.25, -0.2) is 23.4 Å². The SMILES string of the molecule is O=C(NCC1CN(c2cc(F)c(N3CCON(C(=O)NC4CC4)CC3)c(F)c2)C(=O)O1)C(F)F. The summed E-state index contributed by atoms with van der Waals surface area (Å²) in [6.07, 6.45) is -3.29. The van der Waals surface area contributed by atoms with Gasteiger partial charge < -0.3 is 20.3 Å². The molecule has 2 saturated heterocycles. The molecule has 186 valence electrons. The molecule has 34 heavy (non-hydrogen) atoms. The van der Waals surface area contributed by atoms with E-state index in [4.69, 9.17) is 9.57 Å². The summed E-state index contributed by atoms with van der Waals surface area (Å²) in [5.74, 6) is -3.39. The van der Waals surface area contributed by atoms with Crippen LogP contribution >= 0.6 is 0 Å². The summed E-state index contributed by atoms with van der Waals surface area (Å²) >= 11 is 0. The zero-order valence-corrected chi connectivity index (χ0v) is 17.9. The Morgan fingerprint density at radius 2 is 1.82 bits per heavy atom. The lowest BCUT2D eigenvalue weighted by Gasteiger charge is -2.24. The van der Waals surface area contributed by atoms with E-state index in [0.29, 0.717) is 0 Å². The average molecular weight is 489 g/mol. The van der Waals surface area contributed by atoms with E-state index in [0.717, 1.165) is 34.9 Å². The van der Waals surface area contributed by atoms with Gasteiger partial charge in [-0.3, -0.25) is 14.5 Å². The first-order chi connectivity index (χ1) is 16.2. The molecule has 4 amide bonds. The van der Waals surface area contributed by atoms with Gasteiger partial charge in [-0.05, 0) is 12.8 Å². The van der Waals surface area contributed by atoms with Crippen LogP contribution in [0.5, 0.6) is 0 Å². The van der Waals surface area contributed by atoms with Crippen LogP contribution < -0.4 is 20.4 Å². The highest BCUT2D eigenvalue weighted by Gasteiger charge is 2.35. The largest absolute Gasteiger partial charge is 0.442 e. The van der Waals surface area contributed by atoms with Crippen molar-refractivity contribution in [2.24, 2.45) is 0 Å². The van der Waals surface area contributed by atoms with Crippen LogP contribution in [0.15, 0.2) is 12.1 Å². The number of halogens is 4. The minimum Gasteiger partial charge on any atom is -0.442 e. The van der Waals surface area contributed by atoms with Crippen molar-refractivity contribution in [2.75, 3.05) is 49.1 Å². The zero-order chi connectivity index (χ0) is 24.4. The summed E-state index contributed by atoms with van der Waals surface area (Å²) in [5.41, 5.74) is -0.451. The molecular formula is C20H23F4N5O5. The van der Waals surface area contributed by atoms with Gasteiger partial charge in [0.15, 0.2) is 11.6 Å². The summed E-state index contributed by atoms with van der Waals surface area (Å²) < 4.78 is 59.5. The monoisotopic (exact) mass is 489 g/mol. The molecule has 14 heteroatoms. The number of anilines is 2. The second kappa shape index (κ2) is 9.91. The summed E-state index contributed by atoms with van der Waals surface area (Å²) in [7, 11) is 0. The third-order valence-electron chi connectivity index (χ3n) is 5.52. The highest BCUT2D eigenvalue weighted by molar-refractivity contribution is 5.90. The number of carbonyl (C=O) groups excluding carboxylic acids is 3. The second-order valence-electron chi connectivity index (χ2n) is 8.07. The van der Waals surface area contributed by atoms with E-state index >= 15 is 0 Å². The normalized spacial score (nSPS) is 20.9. The number of nitrogens with zero attached hydrogens (tertiary/aromatic N) is 3. The molecule has 0 aromatic heterocycles. The average Bonchev–Trinajstić information content (AvgIpc) is 3.55. The van der Waals surface area contributed by atoms with E-state index < -0.39 is 42.2 Å². The van der Waals surface area contributed by atoms with Crippen LogP contribution in [0, 0.1) is 11.6 Å². The number of carbonyl (C=O) groups is 3. The highest BCUT2D eigenvalue weighted by atomic mass is 19.3. The van der Waals surface area contributed by atoms with Crippen molar-refractivity contribution in [1.29, 1.82) is 0 Å². The molecule has 0 spiro atoms. The van der Waals surface area contributed by atoms with Gasteiger partial charge in [0, 0.05) is 31.3 Å². The molecule has 10 nitrogen and oxygen atoms in total. The molecule has 1 aromatic rings. The Bertz CT molecular complexity index is 940. The minimum absolute atomic E-state index is 0.0309. The number of rotatable bonds is 6. The van der Waals surface area contributed by atoms with Gasteiger partial charge in [-0.1, -0.05) is 0 Å². The van der Waals surface area contributed by atoms with E-state index in [9.17, 15) is 31.9 Å². The van der Waals surface area contributed by atoms with E-state index in [-0.39, 0.29) is 56.7 Å². The molecule has 1 aromatic carbocycles. The molecule has 3 aliphatic rings. The van der Waals surface area contributed by atoms with Gasteiger partial charge in [0.05, 0.1) is 31.9 Å². The first-order valence-electron chi connectivity index (χ1n) is 10.7. The Morgan fingerprint density at radius 1 is 1.12 bits per heavy atom. The fourth-order valence-corrected chi connectivity index (χ4v) is 3.65. The smallest absolute Gasteiger partial charge is 0.414 e. The number of alkyl halides is 2. The van der Waals surface area contributed by atoms with Crippen LogP contribution in [-0.2, 0) is 14.4 Å². The number of hydroxylamine groups is 2. The molecule has 4 rings (SSSR count). The first kappa shape index (κ1) is 23.9. The van der Waals surface area contributed by atoms with Gasteiger partial charge in [0.2, 0.25) is 0 Å². The standard InChI is InChI=1S/C20H23F4N5O5/c21-14-7-12(28-10-13(34-20(28)32)9-25-18(30)17(23)24)8-15(22)16(14)27-3-4-29(33-6-5-27)19(31)26-11-1-2-11/h7-8,11,13,17H,1-6,9-10H2,(H,25,30)(H,26,31). The maximum absolute atomic E-state index is 15.0. The highest BCUT2D eigenvalue weighted by Crippen LogP contribution is 2.31. The molecule has 3 fully saturated rings. The fraction of sp³-hybridized carbons (Fsp3) is 0.550. The van der Waals surface area contributed by atoms with Crippen molar-refractivity contribution in [3.63, 3.8) is 0 Å². The van der Waals surface area contributed by atoms with Gasteiger partial charge >= 0.3 is 18.5 Å². The van der Waals surface area contributed by atoms with Crippen LogP contribution in [0.1, 0.15) is 12.8 Å². The first-order valence-corrected chi connectivity index (χ1v) is 10.7.